The minimum Gasteiger partial charge on any atom is -0.319 e. The lowest BCUT2D eigenvalue weighted by Crippen LogP contribution is -2.28. The average molecular weight is 143 g/mol. The zero-order valence-electron chi connectivity index (χ0n) is 7.83. The molecule has 0 aromatic heterocycles. The van der Waals surface area contributed by atoms with E-state index >= 15 is 0 Å². The van der Waals surface area contributed by atoms with Gasteiger partial charge in [0.25, 0.3) is 0 Å². The molecule has 0 fully saturated rings. The van der Waals surface area contributed by atoms with Gasteiger partial charge in [0, 0.05) is 6.54 Å². The molecule has 0 aromatic carbocycles. The molecule has 0 saturated heterocycles. The Morgan fingerprint density at radius 2 is 1.90 bits per heavy atom. The van der Waals surface area contributed by atoms with Crippen LogP contribution >= 0.6 is 0 Å². The van der Waals surface area contributed by atoms with Gasteiger partial charge in [0.1, 0.15) is 0 Å². The number of hydrogen-bond acceptors (Lipinski definition) is 1. The molecule has 1 atom stereocenters. The highest BCUT2D eigenvalue weighted by atomic mass is 14.8. The Hall–Kier alpha value is -0.0400. The molecule has 1 heteroatoms. The maximum Gasteiger partial charge on any atom is 0.000205 e. The molecular formula is C9H21N. The van der Waals surface area contributed by atoms with Crippen molar-refractivity contribution in [2.75, 3.05) is 13.6 Å². The summed E-state index contributed by atoms with van der Waals surface area (Å²) >= 11 is 0. The lowest BCUT2D eigenvalue weighted by atomic mass is 9.83. The zero-order chi connectivity index (χ0) is 8.04. The fourth-order valence-electron chi connectivity index (χ4n) is 1.42. The second-order valence-corrected chi connectivity index (χ2v) is 3.44. The predicted molar refractivity (Wildman–Crippen MR) is 47.2 cm³/mol. The molecule has 10 heavy (non-hydrogen) atoms. The van der Waals surface area contributed by atoms with Crippen LogP contribution in [0, 0.1) is 5.41 Å². The molecule has 0 aliphatic heterocycles. The van der Waals surface area contributed by atoms with Crippen molar-refractivity contribution < 1.29 is 0 Å². The molecule has 0 rings (SSSR count). The highest BCUT2D eigenvalue weighted by molar-refractivity contribution is 4.73. The Morgan fingerprint density at radius 1 is 1.30 bits per heavy atom. The largest absolute Gasteiger partial charge is 0.319 e. The normalized spacial score (nSPS) is 16.8. The molecule has 0 saturated carbocycles. The van der Waals surface area contributed by atoms with Crippen molar-refractivity contribution in [2.24, 2.45) is 5.41 Å². The standard InChI is InChI=1S/C9H21N/c1-5-7-9(3,6-2)8-10-4/h10H,5-8H2,1-4H3/t9-/m1/s1. The van der Waals surface area contributed by atoms with E-state index < -0.39 is 0 Å². The van der Waals surface area contributed by atoms with E-state index in [-0.39, 0.29) is 0 Å². The second kappa shape index (κ2) is 4.73. The van der Waals surface area contributed by atoms with Crippen molar-refractivity contribution in [1.82, 2.24) is 5.32 Å². The van der Waals surface area contributed by atoms with Gasteiger partial charge in [-0.15, -0.1) is 0 Å². The smallest absolute Gasteiger partial charge is 0.000205 e. The van der Waals surface area contributed by atoms with E-state index in [1.165, 1.54) is 19.3 Å². The van der Waals surface area contributed by atoms with Crippen molar-refractivity contribution >= 4 is 0 Å². The summed E-state index contributed by atoms with van der Waals surface area (Å²) < 4.78 is 0. The van der Waals surface area contributed by atoms with Gasteiger partial charge < -0.3 is 5.32 Å². The SMILES string of the molecule is CCC[C@@](C)(CC)CNC. The fraction of sp³-hybridized carbons (Fsp3) is 1.00. The van der Waals surface area contributed by atoms with E-state index in [1.54, 1.807) is 0 Å². The molecule has 1 N–H and O–H groups in total. The monoisotopic (exact) mass is 143 g/mol. The summed E-state index contributed by atoms with van der Waals surface area (Å²) in [6.07, 6.45) is 3.91. The van der Waals surface area contributed by atoms with E-state index in [2.05, 4.69) is 26.1 Å². The average Bonchev–Trinajstić information content (AvgIpc) is 1.89. The highest BCUT2D eigenvalue weighted by Crippen LogP contribution is 2.25. The molecule has 0 heterocycles. The Labute approximate surface area is 65.2 Å². The maximum absolute atomic E-state index is 3.24. The van der Waals surface area contributed by atoms with E-state index in [0.717, 1.165) is 6.54 Å². The molecule has 1 nitrogen and oxygen atoms in total. The Kier molecular flexibility index (Phi) is 4.71. The third-order valence-corrected chi connectivity index (χ3v) is 2.31. The molecular weight excluding hydrogens is 122 g/mol. The van der Waals surface area contributed by atoms with E-state index in [1.807, 2.05) is 7.05 Å². The van der Waals surface area contributed by atoms with Crippen molar-refractivity contribution in [3.63, 3.8) is 0 Å². The van der Waals surface area contributed by atoms with Gasteiger partial charge in [0.05, 0.1) is 0 Å². The van der Waals surface area contributed by atoms with Crippen molar-refractivity contribution in [3.8, 4) is 0 Å². The molecule has 0 aromatic rings. The van der Waals surface area contributed by atoms with Crippen LogP contribution < -0.4 is 5.32 Å². The lowest BCUT2D eigenvalue weighted by Gasteiger charge is -2.27. The number of nitrogens with one attached hydrogen (secondary N) is 1. The van der Waals surface area contributed by atoms with Gasteiger partial charge in [-0.1, -0.05) is 27.2 Å². The first kappa shape index (κ1) is 9.96. The van der Waals surface area contributed by atoms with Crippen LogP contribution in [0.3, 0.4) is 0 Å². The highest BCUT2D eigenvalue weighted by Gasteiger charge is 2.18. The van der Waals surface area contributed by atoms with E-state index in [9.17, 15) is 0 Å². The van der Waals surface area contributed by atoms with E-state index in [4.69, 9.17) is 0 Å². The summed E-state index contributed by atoms with van der Waals surface area (Å²) in [5.41, 5.74) is 0.531. The first-order chi connectivity index (χ1) is 4.68. The van der Waals surface area contributed by atoms with Crippen LogP contribution in [0.4, 0.5) is 0 Å². The van der Waals surface area contributed by atoms with Gasteiger partial charge in [-0.2, -0.15) is 0 Å². The summed E-state index contributed by atoms with van der Waals surface area (Å²) in [6, 6.07) is 0. The first-order valence-electron chi connectivity index (χ1n) is 4.33. The van der Waals surface area contributed by atoms with Crippen molar-refractivity contribution in [3.05, 3.63) is 0 Å². The first-order valence-corrected chi connectivity index (χ1v) is 4.33. The van der Waals surface area contributed by atoms with Crippen LogP contribution in [0.15, 0.2) is 0 Å². The molecule has 0 spiro atoms. The third kappa shape index (κ3) is 3.21. The Bertz CT molecular complexity index is 72.8. The molecule has 0 aliphatic rings. The molecule has 62 valence electrons. The third-order valence-electron chi connectivity index (χ3n) is 2.31. The quantitative estimate of drug-likeness (QED) is 0.623. The molecule has 0 bridgehead atoms. The summed E-state index contributed by atoms with van der Waals surface area (Å²) in [6.45, 7) is 8.03. The molecule has 0 aliphatic carbocycles. The van der Waals surface area contributed by atoms with Gasteiger partial charge in [-0.25, -0.2) is 0 Å². The van der Waals surface area contributed by atoms with Crippen LogP contribution in [-0.4, -0.2) is 13.6 Å². The van der Waals surface area contributed by atoms with Crippen LogP contribution in [0.5, 0.6) is 0 Å². The van der Waals surface area contributed by atoms with Crippen LogP contribution in [0.2, 0.25) is 0 Å². The summed E-state index contributed by atoms with van der Waals surface area (Å²) in [5, 5.41) is 3.24. The van der Waals surface area contributed by atoms with Crippen LogP contribution in [0.25, 0.3) is 0 Å². The van der Waals surface area contributed by atoms with Gasteiger partial charge in [-0.3, -0.25) is 0 Å². The van der Waals surface area contributed by atoms with Gasteiger partial charge >= 0.3 is 0 Å². The topological polar surface area (TPSA) is 12.0 Å². The van der Waals surface area contributed by atoms with Gasteiger partial charge in [-0.05, 0) is 25.3 Å². The minimum absolute atomic E-state index is 0.531. The van der Waals surface area contributed by atoms with Crippen molar-refractivity contribution in [2.45, 2.75) is 40.0 Å². The zero-order valence-corrected chi connectivity index (χ0v) is 7.83. The Balaban J connectivity index is 3.69. The molecule has 0 unspecified atom stereocenters. The second-order valence-electron chi connectivity index (χ2n) is 3.44. The van der Waals surface area contributed by atoms with Crippen LogP contribution in [-0.2, 0) is 0 Å². The van der Waals surface area contributed by atoms with Gasteiger partial charge in [0.15, 0.2) is 0 Å². The fourth-order valence-corrected chi connectivity index (χ4v) is 1.42. The number of hydrogen-bond donors (Lipinski definition) is 1. The molecule has 0 radical (unpaired) electrons. The number of rotatable bonds is 5. The van der Waals surface area contributed by atoms with Crippen molar-refractivity contribution in [1.29, 1.82) is 0 Å². The lowest BCUT2D eigenvalue weighted by molar-refractivity contribution is 0.274. The van der Waals surface area contributed by atoms with Gasteiger partial charge in [0.2, 0.25) is 0 Å². The molecule has 0 amide bonds. The summed E-state index contributed by atoms with van der Waals surface area (Å²) in [4.78, 5) is 0. The maximum atomic E-state index is 3.24. The predicted octanol–water partition coefficient (Wildman–Crippen LogP) is 2.42. The van der Waals surface area contributed by atoms with E-state index in [0.29, 0.717) is 5.41 Å². The minimum atomic E-state index is 0.531. The van der Waals surface area contributed by atoms with Crippen LogP contribution in [0.1, 0.15) is 40.0 Å². The Morgan fingerprint density at radius 3 is 2.20 bits per heavy atom. The summed E-state index contributed by atoms with van der Waals surface area (Å²) in [5.74, 6) is 0. The summed E-state index contributed by atoms with van der Waals surface area (Å²) in [7, 11) is 2.03.